The van der Waals surface area contributed by atoms with Crippen molar-refractivity contribution in [2.45, 2.75) is 25.9 Å². The highest BCUT2D eigenvalue weighted by molar-refractivity contribution is 5.99. The number of nitrogens with zero attached hydrogens (tertiary/aromatic N) is 3. The number of primary amides is 1. The topological polar surface area (TPSA) is 92.7 Å². The van der Waals surface area contributed by atoms with E-state index in [1.807, 2.05) is 18.2 Å². The number of hydrogen-bond acceptors (Lipinski definition) is 5. The fraction of sp³-hybridized carbons (Fsp3) is 0.350. The molecule has 0 saturated carbocycles. The van der Waals surface area contributed by atoms with Gasteiger partial charge in [-0.3, -0.25) is 19.8 Å². The lowest BCUT2D eigenvalue weighted by atomic mass is 10.1. The number of nitro groups is 1. The summed E-state index contributed by atoms with van der Waals surface area (Å²) in [6.07, 6.45) is 0.933. The molecule has 2 aromatic rings. The summed E-state index contributed by atoms with van der Waals surface area (Å²) in [5.41, 5.74) is 7.50. The van der Waals surface area contributed by atoms with Gasteiger partial charge < -0.3 is 10.6 Å². The Hall–Kier alpha value is -2.93. The van der Waals surface area contributed by atoms with E-state index >= 15 is 0 Å². The molecular weight excluding hydrogens is 344 g/mol. The molecule has 27 heavy (non-hydrogen) atoms. The Balaban J connectivity index is 1.79. The smallest absolute Gasteiger partial charge is 0.270 e. The predicted octanol–water partition coefficient (Wildman–Crippen LogP) is 2.79. The molecule has 1 atom stereocenters. The first kappa shape index (κ1) is 18.8. The molecule has 7 heteroatoms. The molecule has 7 nitrogen and oxygen atoms in total. The van der Waals surface area contributed by atoms with Gasteiger partial charge in [0, 0.05) is 44.4 Å². The van der Waals surface area contributed by atoms with Crippen molar-refractivity contribution in [1.82, 2.24) is 4.90 Å². The summed E-state index contributed by atoms with van der Waals surface area (Å²) in [5, 5.41) is 11.0. The maximum absolute atomic E-state index is 11.9. The van der Waals surface area contributed by atoms with Crippen LogP contribution >= 0.6 is 0 Å². The Labute approximate surface area is 158 Å². The van der Waals surface area contributed by atoms with E-state index in [0.717, 1.165) is 32.6 Å². The summed E-state index contributed by atoms with van der Waals surface area (Å²) >= 11 is 0. The number of carbonyl (C=O) groups is 1. The van der Waals surface area contributed by atoms with E-state index in [1.54, 1.807) is 6.07 Å². The minimum atomic E-state index is -0.646. The van der Waals surface area contributed by atoms with Crippen molar-refractivity contribution in [3.05, 3.63) is 69.8 Å². The van der Waals surface area contributed by atoms with Gasteiger partial charge in [-0.05, 0) is 25.0 Å². The highest BCUT2D eigenvalue weighted by Gasteiger charge is 2.24. The molecule has 1 fully saturated rings. The zero-order valence-electron chi connectivity index (χ0n) is 15.4. The molecule has 1 amide bonds. The van der Waals surface area contributed by atoms with Gasteiger partial charge in [-0.1, -0.05) is 30.3 Å². The van der Waals surface area contributed by atoms with Gasteiger partial charge in [-0.15, -0.1) is 0 Å². The maximum atomic E-state index is 11.9. The zero-order valence-corrected chi connectivity index (χ0v) is 15.4. The standard InChI is InChI=1S/C20H24N4O3/c1-15-9-10-22(11-12-23(15)14-16-5-3-2-4-6-16)19-8-7-17(24(26)27)13-18(19)20(21)25/h2-8,13,15H,9-12,14H2,1H3,(H2,21,25). The Morgan fingerprint density at radius 3 is 2.59 bits per heavy atom. The van der Waals surface area contributed by atoms with Gasteiger partial charge in [0.25, 0.3) is 11.6 Å². The summed E-state index contributed by atoms with van der Waals surface area (Å²) < 4.78 is 0. The molecule has 2 N–H and O–H groups in total. The van der Waals surface area contributed by atoms with Crippen LogP contribution in [0.3, 0.4) is 0 Å². The van der Waals surface area contributed by atoms with E-state index in [1.165, 1.54) is 17.7 Å². The summed E-state index contributed by atoms with van der Waals surface area (Å²) in [4.78, 5) is 26.9. The fourth-order valence-electron chi connectivity index (χ4n) is 3.51. The largest absolute Gasteiger partial charge is 0.370 e. The van der Waals surface area contributed by atoms with Crippen molar-refractivity contribution < 1.29 is 9.72 Å². The lowest BCUT2D eigenvalue weighted by Gasteiger charge is -2.26. The molecule has 0 radical (unpaired) electrons. The molecule has 1 heterocycles. The Kier molecular flexibility index (Phi) is 5.71. The molecular formula is C20H24N4O3. The highest BCUT2D eigenvalue weighted by atomic mass is 16.6. The number of nitrogens with two attached hydrogens (primary N) is 1. The first-order valence-electron chi connectivity index (χ1n) is 9.07. The molecule has 0 bridgehead atoms. The van der Waals surface area contributed by atoms with Gasteiger partial charge in [-0.2, -0.15) is 0 Å². The molecule has 2 aromatic carbocycles. The van der Waals surface area contributed by atoms with Gasteiger partial charge >= 0.3 is 0 Å². The lowest BCUT2D eigenvalue weighted by molar-refractivity contribution is -0.384. The predicted molar refractivity (Wildman–Crippen MR) is 105 cm³/mol. The van der Waals surface area contributed by atoms with Crippen molar-refractivity contribution in [2.75, 3.05) is 24.5 Å². The Morgan fingerprint density at radius 2 is 1.93 bits per heavy atom. The number of anilines is 1. The monoisotopic (exact) mass is 368 g/mol. The summed E-state index contributed by atoms with van der Waals surface area (Å²) in [7, 11) is 0. The molecule has 1 unspecified atom stereocenters. The van der Waals surface area contributed by atoms with Crippen molar-refractivity contribution in [3.63, 3.8) is 0 Å². The second-order valence-electron chi connectivity index (χ2n) is 6.90. The van der Waals surface area contributed by atoms with Crippen LogP contribution in [0.1, 0.15) is 29.3 Å². The van der Waals surface area contributed by atoms with Crippen LogP contribution in [-0.4, -0.2) is 41.4 Å². The van der Waals surface area contributed by atoms with Crippen LogP contribution in [0.25, 0.3) is 0 Å². The molecule has 0 spiro atoms. The van der Waals surface area contributed by atoms with Gasteiger partial charge in [0.2, 0.25) is 0 Å². The number of benzene rings is 2. The fourth-order valence-corrected chi connectivity index (χ4v) is 3.51. The third-order valence-electron chi connectivity index (χ3n) is 5.12. The minimum Gasteiger partial charge on any atom is -0.370 e. The minimum absolute atomic E-state index is 0.124. The number of hydrogen-bond donors (Lipinski definition) is 1. The number of nitro benzene ring substituents is 1. The van der Waals surface area contributed by atoms with Crippen molar-refractivity contribution in [1.29, 1.82) is 0 Å². The van der Waals surface area contributed by atoms with E-state index < -0.39 is 10.8 Å². The lowest BCUT2D eigenvalue weighted by Crippen LogP contribution is -2.34. The number of rotatable bonds is 5. The summed E-state index contributed by atoms with van der Waals surface area (Å²) in [6, 6.07) is 15.1. The highest BCUT2D eigenvalue weighted by Crippen LogP contribution is 2.27. The first-order valence-corrected chi connectivity index (χ1v) is 9.07. The normalized spacial score (nSPS) is 18.1. The van der Waals surface area contributed by atoms with E-state index in [2.05, 4.69) is 28.9 Å². The molecule has 0 aromatic heterocycles. The van der Waals surface area contributed by atoms with Crippen LogP contribution in [-0.2, 0) is 6.54 Å². The second-order valence-corrected chi connectivity index (χ2v) is 6.90. The average molecular weight is 368 g/mol. The van der Waals surface area contributed by atoms with Gasteiger partial charge in [-0.25, -0.2) is 0 Å². The van der Waals surface area contributed by atoms with Crippen LogP contribution in [0.4, 0.5) is 11.4 Å². The second kappa shape index (κ2) is 8.18. The molecule has 3 rings (SSSR count). The van der Waals surface area contributed by atoms with E-state index in [9.17, 15) is 14.9 Å². The van der Waals surface area contributed by atoms with Crippen LogP contribution in [0.15, 0.2) is 48.5 Å². The Morgan fingerprint density at radius 1 is 1.19 bits per heavy atom. The maximum Gasteiger partial charge on any atom is 0.270 e. The van der Waals surface area contributed by atoms with Gasteiger partial charge in [0.1, 0.15) is 0 Å². The van der Waals surface area contributed by atoms with E-state index in [0.29, 0.717) is 11.7 Å². The number of non-ortho nitro benzene ring substituents is 1. The van der Waals surface area contributed by atoms with Gasteiger partial charge in [0.05, 0.1) is 16.2 Å². The quantitative estimate of drug-likeness (QED) is 0.647. The zero-order chi connectivity index (χ0) is 19.4. The number of amides is 1. The molecule has 0 aliphatic carbocycles. The van der Waals surface area contributed by atoms with Gasteiger partial charge in [0.15, 0.2) is 0 Å². The molecule has 1 aliphatic heterocycles. The SMILES string of the molecule is CC1CCN(c2ccc([N+](=O)[O-])cc2C(N)=O)CCN1Cc1ccccc1. The third-order valence-corrected chi connectivity index (χ3v) is 5.12. The van der Waals surface area contributed by atoms with Crippen molar-refractivity contribution in [3.8, 4) is 0 Å². The van der Waals surface area contributed by atoms with E-state index in [4.69, 9.17) is 5.73 Å². The molecule has 1 saturated heterocycles. The van der Waals surface area contributed by atoms with Crippen LogP contribution in [0.2, 0.25) is 0 Å². The Bertz CT molecular complexity index is 825. The molecule has 1 aliphatic rings. The van der Waals surface area contributed by atoms with Crippen LogP contribution < -0.4 is 10.6 Å². The van der Waals surface area contributed by atoms with Crippen LogP contribution in [0, 0.1) is 10.1 Å². The van der Waals surface area contributed by atoms with E-state index in [-0.39, 0.29) is 11.3 Å². The number of carbonyl (C=O) groups excluding carboxylic acids is 1. The van der Waals surface area contributed by atoms with Crippen molar-refractivity contribution >= 4 is 17.3 Å². The first-order chi connectivity index (χ1) is 13.0. The molecule has 142 valence electrons. The third kappa shape index (κ3) is 4.43. The van der Waals surface area contributed by atoms with Crippen molar-refractivity contribution in [2.24, 2.45) is 5.73 Å². The summed E-state index contributed by atoms with van der Waals surface area (Å²) in [6.45, 7) is 5.42. The van der Waals surface area contributed by atoms with Crippen LogP contribution in [0.5, 0.6) is 0 Å². The average Bonchev–Trinajstić information content (AvgIpc) is 2.84. The summed E-state index contributed by atoms with van der Waals surface area (Å²) in [5.74, 6) is -0.646.